The highest BCUT2D eigenvalue weighted by Crippen LogP contribution is 2.30. The van der Waals surface area contributed by atoms with Crippen LogP contribution in [-0.2, 0) is 0 Å². The number of nitrogens with zero attached hydrogens (tertiary/aromatic N) is 5. The highest BCUT2D eigenvalue weighted by Gasteiger charge is 2.15. The van der Waals surface area contributed by atoms with Gasteiger partial charge in [0.15, 0.2) is 0 Å². The van der Waals surface area contributed by atoms with Crippen LogP contribution >= 0.6 is 11.6 Å². The Kier molecular flexibility index (Phi) is 5.75. The van der Waals surface area contributed by atoms with Crippen LogP contribution in [-0.4, -0.2) is 58.3 Å². The maximum atomic E-state index is 6.03. The van der Waals surface area contributed by atoms with Crippen LogP contribution in [0.2, 0.25) is 5.02 Å². The maximum absolute atomic E-state index is 6.03. The molecule has 0 unspecified atom stereocenters. The van der Waals surface area contributed by atoms with E-state index in [1.807, 2.05) is 42.6 Å². The number of likely N-dealkylation sites (N-methyl/N-ethyl adjacent to an activating group) is 1. The van der Waals surface area contributed by atoms with Gasteiger partial charge in [0.05, 0.1) is 5.69 Å². The van der Waals surface area contributed by atoms with Crippen molar-refractivity contribution >= 4 is 28.9 Å². The number of aromatic amines is 1. The van der Waals surface area contributed by atoms with Gasteiger partial charge < -0.3 is 15.1 Å². The summed E-state index contributed by atoms with van der Waals surface area (Å²) >= 11 is 6.03. The summed E-state index contributed by atoms with van der Waals surface area (Å²) in [6.45, 7) is 4.20. The van der Waals surface area contributed by atoms with Gasteiger partial charge in [-0.25, -0.2) is 9.97 Å². The Morgan fingerprint density at radius 2 is 1.81 bits per heavy atom. The second kappa shape index (κ2) is 8.98. The van der Waals surface area contributed by atoms with Gasteiger partial charge in [0.2, 0.25) is 5.95 Å². The largest absolute Gasteiger partial charge is 0.369 e. The monoisotopic (exact) mass is 445 g/mol. The van der Waals surface area contributed by atoms with Crippen molar-refractivity contribution in [1.29, 1.82) is 0 Å². The van der Waals surface area contributed by atoms with Gasteiger partial charge in [-0.05, 0) is 43.4 Å². The van der Waals surface area contributed by atoms with Gasteiger partial charge in [-0.1, -0.05) is 29.8 Å². The number of anilines is 3. The lowest BCUT2D eigenvalue weighted by atomic mass is 10.1. The van der Waals surface area contributed by atoms with Gasteiger partial charge in [0.1, 0.15) is 5.69 Å². The first-order valence-corrected chi connectivity index (χ1v) is 11.0. The minimum Gasteiger partial charge on any atom is -0.369 e. The molecule has 0 atom stereocenters. The van der Waals surface area contributed by atoms with Crippen molar-refractivity contribution in [2.75, 3.05) is 43.4 Å². The second-order valence-electron chi connectivity index (χ2n) is 7.89. The molecule has 2 aromatic carbocycles. The van der Waals surface area contributed by atoms with Gasteiger partial charge in [0.25, 0.3) is 0 Å². The fourth-order valence-electron chi connectivity index (χ4n) is 3.86. The van der Waals surface area contributed by atoms with Crippen molar-refractivity contribution < 1.29 is 0 Å². The van der Waals surface area contributed by atoms with E-state index in [1.165, 1.54) is 5.69 Å². The number of rotatable bonds is 5. The molecular formula is C24H24ClN7. The summed E-state index contributed by atoms with van der Waals surface area (Å²) in [5, 5.41) is 11.4. The molecule has 1 aliphatic heterocycles. The summed E-state index contributed by atoms with van der Waals surface area (Å²) in [6, 6.07) is 17.9. The number of H-pyrrole nitrogens is 1. The van der Waals surface area contributed by atoms with E-state index in [9.17, 15) is 0 Å². The third-order valence-corrected chi connectivity index (χ3v) is 5.91. The van der Waals surface area contributed by atoms with Crippen LogP contribution in [0, 0.1) is 0 Å². The van der Waals surface area contributed by atoms with E-state index in [0.29, 0.717) is 11.0 Å². The van der Waals surface area contributed by atoms with E-state index in [1.54, 1.807) is 6.20 Å². The number of halogens is 1. The molecule has 0 bridgehead atoms. The van der Waals surface area contributed by atoms with E-state index in [2.05, 4.69) is 55.5 Å². The van der Waals surface area contributed by atoms with Gasteiger partial charge in [0, 0.05) is 66.1 Å². The molecule has 3 heterocycles. The summed E-state index contributed by atoms with van der Waals surface area (Å²) in [5.41, 5.74) is 5.66. The molecule has 1 fully saturated rings. The van der Waals surface area contributed by atoms with Gasteiger partial charge >= 0.3 is 0 Å². The van der Waals surface area contributed by atoms with Gasteiger partial charge in [-0.3, -0.25) is 5.10 Å². The molecular weight excluding hydrogens is 422 g/mol. The van der Waals surface area contributed by atoms with Crippen molar-refractivity contribution in [3.63, 3.8) is 0 Å². The Hall–Kier alpha value is -3.42. The molecule has 0 radical (unpaired) electrons. The van der Waals surface area contributed by atoms with Crippen molar-refractivity contribution in [3.05, 3.63) is 72.0 Å². The predicted molar refractivity (Wildman–Crippen MR) is 129 cm³/mol. The fourth-order valence-corrected chi connectivity index (χ4v) is 3.98. The van der Waals surface area contributed by atoms with Crippen LogP contribution in [0.1, 0.15) is 0 Å². The lowest BCUT2D eigenvalue weighted by Gasteiger charge is -2.34. The molecule has 1 saturated heterocycles. The van der Waals surface area contributed by atoms with E-state index < -0.39 is 0 Å². The fraction of sp³-hybridized carbons (Fsp3) is 0.208. The second-order valence-corrected chi connectivity index (χ2v) is 8.32. The van der Waals surface area contributed by atoms with Crippen LogP contribution in [0.4, 0.5) is 17.3 Å². The van der Waals surface area contributed by atoms with E-state index >= 15 is 0 Å². The first-order valence-electron chi connectivity index (χ1n) is 10.6. The van der Waals surface area contributed by atoms with E-state index in [-0.39, 0.29) is 0 Å². The number of benzene rings is 2. The Labute approximate surface area is 192 Å². The van der Waals surface area contributed by atoms with Crippen LogP contribution in [0.25, 0.3) is 22.5 Å². The molecule has 32 heavy (non-hydrogen) atoms. The number of nitrogens with one attached hydrogen (secondary N) is 2. The summed E-state index contributed by atoms with van der Waals surface area (Å²) in [6.07, 6.45) is 3.61. The number of hydrogen-bond acceptors (Lipinski definition) is 6. The smallest absolute Gasteiger partial charge is 0.227 e. The molecule has 4 aromatic rings. The van der Waals surface area contributed by atoms with Gasteiger partial charge in [-0.15, -0.1) is 0 Å². The first kappa shape index (κ1) is 20.5. The molecule has 7 nitrogen and oxygen atoms in total. The molecule has 5 rings (SSSR count). The lowest BCUT2D eigenvalue weighted by molar-refractivity contribution is 0.313. The summed E-state index contributed by atoms with van der Waals surface area (Å²) in [7, 11) is 2.16. The highest BCUT2D eigenvalue weighted by atomic mass is 35.5. The first-order chi connectivity index (χ1) is 15.7. The molecule has 0 spiro atoms. The highest BCUT2D eigenvalue weighted by molar-refractivity contribution is 6.30. The van der Waals surface area contributed by atoms with Crippen LogP contribution in [0.3, 0.4) is 0 Å². The molecule has 8 heteroatoms. The molecule has 162 valence electrons. The van der Waals surface area contributed by atoms with Crippen molar-refractivity contribution in [2.45, 2.75) is 0 Å². The zero-order chi connectivity index (χ0) is 21.9. The minimum atomic E-state index is 0.543. The summed E-state index contributed by atoms with van der Waals surface area (Å²) in [4.78, 5) is 13.9. The Morgan fingerprint density at radius 3 is 2.62 bits per heavy atom. The van der Waals surface area contributed by atoms with E-state index in [4.69, 9.17) is 16.6 Å². The SMILES string of the molecule is CN1CCN(c2cccc(Nc3nccc(-c4c[nH]nc4-c4ccc(Cl)cc4)n3)c2)CC1. The van der Waals surface area contributed by atoms with Crippen LogP contribution < -0.4 is 10.2 Å². The topological polar surface area (TPSA) is 73.0 Å². The normalized spacial score (nSPS) is 14.5. The van der Waals surface area contributed by atoms with Crippen molar-refractivity contribution in [3.8, 4) is 22.5 Å². The number of hydrogen-bond donors (Lipinski definition) is 2. The third-order valence-electron chi connectivity index (χ3n) is 5.66. The maximum Gasteiger partial charge on any atom is 0.227 e. The Morgan fingerprint density at radius 1 is 1.00 bits per heavy atom. The minimum absolute atomic E-state index is 0.543. The van der Waals surface area contributed by atoms with E-state index in [0.717, 1.165) is 54.4 Å². The van der Waals surface area contributed by atoms with Crippen LogP contribution in [0.5, 0.6) is 0 Å². The molecule has 1 aliphatic rings. The third kappa shape index (κ3) is 4.44. The molecule has 0 saturated carbocycles. The van der Waals surface area contributed by atoms with Crippen molar-refractivity contribution in [2.24, 2.45) is 0 Å². The summed E-state index contributed by atoms with van der Waals surface area (Å²) in [5.74, 6) is 0.543. The quantitative estimate of drug-likeness (QED) is 0.464. The molecule has 2 aromatic heterocycles. The summed E-state index contributed by atoms with van der Waals surface area (Å²) < 4.78 is 0. The standard InChI is InChI=1S/C24H24ClN7/c1-31-11-13-32(14-12-31)20-4-2-3-19(15-20)28-24-26-10-9-22(29-24)21-16-27-30-23(21)17-5-7-18(25)8-6-17/h2-10,15-16H,11-14H2,1H3,(H,27,30)(H,26,28,29). The Balaban J connectivity index is 1.38. The molecule has 0 amide bonds. The van der Waals surface area contributed by atoms with Crippen molar-refractivity contribution in [1.82, 2.24) is 25.1 Å². The average Bonchev–Trinajstić information content (AvgIpc) is 3.30. The lowest BCUT2D eigenvalue weighted by Crippen LogP contribution is -2.44. The number of piperazine rings is 1. The molecule has 0 aliphatic carbocycles. The van der Waals surface area contributed by atoms with Crippen LogP contribution in [0.15, 0.2) is 67.0 Å². The Bertz CT molecular complexity index is 1200. The predicted octanol–water partition coefficient (Wildman–Crippen LogP) is 4.68. The van der Waals surface area contributed by atoms with Gasteiger partial charge in [-0.2, -0.15) is 5.10 Å². The zero-order valence-electron chi connectivity index (χ0n) is 17.8. The number of aromatic nitrogens is 4. The average molecular weight is 446 g/mol. The molecule has 2 N–H and O–H groups in total. The zero-order valence-corrected chi connectivity index (χ0v) is 18.5.